The SMILES string of the molecule is O=C(NCCCN1CCOCC1)C1Cc2cc(C(F)(F)F)ccc2N2CCN(c3ccccc3)CC12. The van der Waals surface area contributed by atoms with Gasteiger partial charge < -0.3 is 19.9 Å². The molecule has 2 unspecified atom stereocenters. The van der Waals surface area contributed by atoms with Crippen molar-refractivity contribution in [1.29, 1.82) is 0 Å². The number of anilines is 2. The average Bonchev–Trinajstić information content (AvgIpc) is 2.90. The molecule has 1 amide bonds. The van der Waals surface area contributed by atoms with Gasteiger partial charge in [-0.3, -0.25) is 9.69 Å². The monoisotopic (exact) mass is 502 g/mol. The van der Waals surface area contributed by atoms with Crippen LogP contribution in [0.3, 0.4) is 0 Å². The van der Waals surface area contributed by atoms with E-state index in [0.717, 1.165) is 63.3 Å². The van der Waals surface area contributed by atoms with Crippen LogP contribution in [0.25, 0.3) is 0 Å². The molecule has 194 valence electrons. The lowest BCUT2D eigenvalue weighted by Gasteiger charge is -2.49. The molecule has 0 aliphatic carbocycles. The first kappa shape index (κ1) is 24.9. The van der Waals surface area contributed by atoms with Crippen molar-refractivity contribution < 1.29 is 22.7 Å². The van der Waals surface area contributed by atoms with Gasteiger partial charge in [0.25, 0.3) is 0 Å². The van der Waals surface area contributed by atoms with Crippen LogP contribution in [0.2, 0.25) is 0 Å². The van der Waals surface area contributed by atoms with E-state index in [9.17, 15) is 18.0 Å². The van der Waals surface area contributed by atoms with Crippen molar-refractivity contribution in [3.8, 4) is 0 Å². The molecule has 0 saturated carbocycles. The minimum absolute atomic E-state index is 0.0787. The van der Waals surface area contributed by atoms with Crippen molar-refractivity contribution in [2.24, 2.45) is 5.92 Å². The van der Waals surface area contributed by atoms with E-state index in [1.807, 2.05) is 18.2 Å². The minimum Gasteiger partial charge on any atom is -0.379 e. The molecule has 1 N–H and O–H groups in total. The Hall–Kier alpha value is -2.78. The fraction of sp³-hybridized carbons (Fsp3) is 0.519. The highest BCUT2D eigenvalue weighted by Crippen LogP contribution is 2.40. The number of carbonyl (C=O) groups excluding carboxylic acids is 1. The summed E-state index contributed by atoms with van der Waals surface area (Å²) in [5.41, 5.74) is 1.85. The highest BCUT2D eigenvalue weighted by atomic mass is 19.4. The number of amides is 1. The lowest BCUT2D eigenvalue weighted by molar-refractivity contribution is -0.137. The van der Waals surface area contributed by atoms with E-state index in [1.54, 1.807) is 6.07 Å². The summed E-state index contributed by atoms with van der Waals surface area (Å²) in [6.45, 7) is 6.78. The summed E-state index contributed by atoms with van der Waals surface area (Å²) in [5.74, 6) is -0.499. The van der Waals surface area contributed by atoms with E-state index in [4.69, 9.17) is 4.74 Å². The number of alkyl halides is 3. The van der Waals surface area contributed by atoms with Gasteiger partial charge >= 0.3 is 6.18 Å². The number of halogens is 3. The number of nitrogens with one attached hydrogen (secondary N) is 1. The van der Waals surface area contributed by atoms with E-state index >= 15 is 0 Å². The van der Waals surface area contributed by atoms with Crippen molar-refractivity contribution in [2.75, 3.05) is 68.8 Å². The summed E-state index contributed by atoms with van der Waals surface area (Å²) in [6, 6.07) is 13.9. The molecule has 0 bridgehead atoms. The fourth-order valence-electron chi connectivity index (χ4n) is 5.64. The molecule has 0 aromatic heterocycles. The molecular weight excluding hydrogens is 469 g/mol. The molecule has 3 aliphatic rings. The Balaban J connectivity index is 1.32. The summed E-state index contributed by atoms with van der Waals surface area (Å²) in [6.07, 6.45) is -3.27. The van der Waals surface area contributed by atoms with E-state index < -0.39 is 17.7 Å². The zero-order chi connectivity index (χ0) is 25.1. The molecule has 9 heteroatoms. The van der Waals surface area contributed by atoms with Gasteiger partial charge in [0.2, 0.25) is 5.91 Å². The Morgan fingerprint density at radius 3 is 2.56 bits per heavy atom. The van der Waals surface area contributed by atoms with Crippen LogP contribution in [-0.4, -0.2) is 75.9 Å². The number of hydrogen-bond donors (Lipinski definition) is 1. The minimum atomic E-state index is -4.41. The van der Waals surface area contributed by atoms with Gasteiger partial charge in [-0.15, -0.1) is 0 Å². The Labute approximate surface area is 210 Å². The van der Waals surface area contributed by atoms with Crippen LogP contribution < -0.4 is 15.1 Å². The molecule has 2 aromatic carbocycles. The number of carbonyl (C=O) groups is 1. The van der Waals surface area contributed by atoms with Crippen LogP contribution in [0, 0.1) is 5.92 Å². The van der Waals surface area contributed by atoms with Gasteiger partial charge in [-0.05, 0) is 55.3 Å². The van der Waals surface area contributed by atoms with E-state index in [0.29, 0.717) is 31.6 Å². The van der Waals surface area contributed by atoms with Gasteiger partial charge in [-0.25, -0.2) is 0 Å². The number of benzene rings is 2. The van der Waals surface area contributed by atoms with E-state index in [1.165, 1.54) is 6.07 Å². The van der Waals surface area contributed by atoms with Gasteiger partial charge in [-0.2, -0.15) is 13.2 Å². The van der Waals surface area contributed by atoms with Crippen molar-refractivity contribution in [2.45, 2.75) is 25.1 Å². The molecule has 0 spiro atoms. The molecular formula is C27H33F3N4O2. The van der Waals surface area contributed by atoms with Crippen molar-refractivity contribution in [1.82, 2.24) is 10.2 Å². The largest absolute Gasteiger partial charge is 0.416 e. The standard InChI is InChI=1S/C27H33F3N4O2/c28-27(29,30)21-7-8-24-20(17-21)18-23(26(35)31-9-4-10-32-13-15-36-16-14-32)25-19-33(11-12-34(24)25)22-5-2-1-3-6-22/h1-3,5-8,17,23,25H,4,9-16,18-19H2,(H,31,35). The molecule has 3 heterocycles. The maximum atomic E-state index is 13.4. The molecule has 3 aliphatic heterocycles. The highest BCUT2D eigenvalue weighted by Gasteiger charge is 2.42. The molecule has 2 fully saturated rings. The number of fused-ring (bicyclic) bond motifs is 3. The number of nitrogens with zero attached hydrogens (tertiary/aromatic N) is 3. The maximum absolute atomic E-state index is 13.4. The van der Waals surface area contributed by atoms with Gasteiger partial charge in [-0.1, -0.05) is 18.2 Å². The first-order chi connectivity index (χ1) is 17.4. The highest BCUT2D eigenvalue weighted by molar-refractivity contribution is 5.82. The maximum Gasteiger partial charge on any atom is 0.416 e. The first-order valence-corrected chi connectivity index (χ1v) is 12.7. The molecule has 36 heavy (non-hydrogen) atoms. The molecule has 2 saturated heterocycles. The van der Waals surface area contributed by atoms with Crippen molar-refractivity contribution >= 4 is 17.3 Å². The predicted molar refractivity (Wildman–Crippen MR) is 133 cm³/mol. The topological polar surface area (TPSA) is 48.1 Å². The lowest BCUT2D eigenvalue weighted by atomic mass is 9.82. The molecule has 0 radical (unpaired) electrons. The van der Waals surface area contributed by atoms with Crippen LogP contribution in [-0.2, 0) is 22.1 Å². The van der Waals surface area contributed by atoms with E-state index in [-0.39, 0.29) is 11.9 Å². The smallest absolute Gasteiger partial charge is 0.379 e. The predicted octanol–water partition coefficient (Wildman–Crippen LogP) is 3.41. The van der Waals surface area contributed by atoms with Crippen molar-refractivity contribution in [3.63, 3.8) is 0 Å². The Morgan fingerprint density at radius 2 is 1.81 bits per heavy atom. The van der Waals surface area contributed by atoms with Crippen LogP contribution in [0.1, 0.15) is 17.5 Å². The molecule has 2 aromatic rings. The van der Waals surface area contributed by atoms with Gasteiger partial charge in [0, 0.05) is 50.6 Å². The summed E-state index contributed by atoms with van der Waals surface area (Å²) in [5, 5.41) is 3.09. The third-order valence-electron chi connectivity index (χ3n) is 7.55. The van der Waals surface area contributed by atoms with Crippen LogP contribution in [0.15, 0.2) is 48.5 Å². The lowest BCUT2D eigenvalue weighted by Crippen LogP contribution is -2.61. The second-order valence-corrected chi connectivity index (χ2v) is 9.79. The Kier molecular flexibility index (Phi) is 7.39. The summed E-state index contributed by atoms with van der Waals surface area (Å²) in [4.78, 5) is 20.2. The Morgan fingerprint density at radius 1 is 1.03 bits per heavy atom. The molecule has 2 atom stereocenters. The van der Waals surface area contributed by atoms with E-state index in [2.05, 4.69) is 32.1 Å². The van der Waals surface area contributed by atoms with Crippen LogP contribution in [0.5, 0.6) is 0 Å². The number of morpholine rings is 1. The second-order valence-electron chi connectivity index (χ2n) is 9.79. The number of hydrogen-bond acceptors (Lipinski definition) is 5. The summed E-state index contributed by atoms with van der Waals surface area (Å²) >= 11 is 0. The third-order valence-corrected chi connectivity index (χ3v) is 7.55. The summed E-state index contributed by atoms with van der Waals surface area (Å²) < 4.78 is 45.7. The van der Waals surface area contributed by atoms with Gasteiger partial charge in [0.1, 0.15) is 0 Å². The number of ether oxygens (including phenoxy) is 1. The van der Waals surface area contributed by atoms with Crippen LogP contribution in [0.4, 0.5) is 24.5 Å². The molecule has 5 rings (SSSR count). The first-order valence-electron chi connectivity index (χ1n) is 12.7. The van der Waals surface area contributed by atoms with Crippen molar-refractivity contribution in [3.05, 3.63) is 59.7 Å². The van der Waals surface area contributed by atoms with Gasteiger partial charge in [0.15, 0.2) is 0 Å². The zero-order valence-corrected chi connectivity index (χ0v) is 20.3. The molecule has 6 nitrogen and oxygen atoms in total. The van der Waals surface area contributed by atoms with Gasteiger partial charge in [0.05, 0.1) is 30.7 Å². The quantitative estimate of drug-likeness (QED) is 0.614. The van der Waals surface area contributed by atoms with Crippen LogP contribution >= 0.6 is 0 Å². The Bertz CT molecular complexity index is 1040. The fourth-order valence-corrected chi connectivity index (χ4v) is 5.64. The normalized spacial score (nSPS) is 22.6. The number of para-hydroxylation sites is 1. The zero-order valence-electron chi connectivity index (χ0n) is 20.3. The second kappa shape index (κ2) is 10.7. The number of piperazine rings is 1. The third kappa shape index (κ3) is 5.47. The summed E-state index contributed by atoms with van der Waals surface area (Å²) in [7, 11) is 0. The number of rotatable bonds is 6. The average molecular weight is 503 g/mol.